The van der Waals surface area contributed by atoms with Crippen LogP contribution in [0.5, 0.6) is 5.75 Å². The van der Waals surface area contributed by atoms with E-state index in [1.165, 1.54) is 24.1 Å². The number of amides is 1. The average Bonchev–Trinajstić information content (AvgIpc) is 2.89. The number of halogens is 3. The van der Waals surface area contributed by atoms with Gasteiger partial charge in [0.2, 0.25) is 0 Å². The predicted octanol–water partition coefficient (Wildman–Crippen LogP) is 4.34. The number of benzene rings is 2. The molecule has 1 amide bonds. The molecule has 0 aliphatic carbocycles. The third-order valence-corrected chi connectivity index (χ3v) is 5.66. The van der Waals surface area contributed by atoms with Gasteiger partial charge in [-0.15, -0.1) is 0 Å². The summed E-state index contributed by atoms with van der Waals surface area (Å²) in [5.41, 5.74) is 0.335. The van der Waals surface area contributed by atoms with Crippen molar-refractivity contribution in [2.45, 2.75) is 31.2 Å². The number of rotatable bonds is 4. The first-order valence-corrected chi connectivity index (χ1v) is 10.0. The molecule has 1 aliphatic rings. The van der Waals surface area contributed by atoms with Crippen molar-refractivity contribution in [1.29, 1.82) is 0 Å². The van der Waals surface area contributed by atoms with Gasteiger partial charge in [0.1, 0.15) is 11.9 Å². The van der Waals surface area contributed by atoms with Crippen LogP contribution in [0.4, 0.5) is 18.9 Å². The maximum atomic E-state index is 13.9. The van der Waals surface area contributed by atoms with E-state index in [0.717, 1.165) is 6.07 Å². The summed E-state index contributed by atoms with van der Waals surface area (Å²) >= 11 is 0. The number of fused-ring (bicyclic) bond motifs is 1. The highest BCUT2D eigenvalue weighted by Gasteiger charge is 2.42. The number of alkyl halides is 3. The number of pyridine rings is 1. The highest BCUT2D eigenvalue weighted by molar-refractivity contribution is 5.98. The number of nitrogens with zero attached hydrogens (tertiary/aromatic N) is 2. The van der Waals surface area contributed by atoms with Crippen LogP contribution in [-0.4, -0.2) is 29.2 Å². The van der Waals surface area contributed by atoms with Crippen molar-refractivity contribution in [3.05, 3.63) is 89.2 Å². The molecular formula is C24H21F3N2O3. The average molecular weight is 442 g/mol. The number of carbonyl (C=O) groups is 1. The molecule has 166 valence electrons. The van der Waals surface area contributed by atoms with E-state index in [1.54, 1.807) is 48.7 Å². The number of aliphatic hydroxyl groups excluding tert-OH is 1. The van der Waals surface area contributed by atoms with E-state index in [-0.39, 0.29) is 24.2 Å². The van der Waals surface area contributed by atoms with E-state index < -0.39 is 29.7 Å². The summed E-state index contributed by atoms with van der Waals surface area (Å²) in [5.74, 6) is -0.963. The quantitative estimate of drug-likeness (QED) is 0.653. The van der Waals surface area contributed by atoms with E-state index >= 15 is 0 Å². The fraction of sp³-hybridized carbons (Fsp3) is 0.250. The number of aliphatic hydroxyl groups is 1. The van der Waals surface area contributed by atoms with Crippen LogP contribution in [0, 0.1) is 0 Å². The summed E-state index contributed by atoms with van der Waals surface area (Å²) in [4.78, 5) is 18.7. The van der Waals surface area contributed by atoms with Crippen molar-refractivity contribution in [3.8, 4) is 5.75 Å². The second-order valence-electron chi connectivity index (χ2n) is 7.58. The van der Waals surface area contributed by atoms with Gasteiger partial charge in [-0.1, -0.05) is 24.3 Å². The molecule has 0 saturated heterocycles. The molecule has 0 radical (unpaired) electrons. The smallest absolute Gasteiger partial charge is 0.416 e. The second kappa shape index (κ2) is 8.63. The van der Waals surface area contributed by atoms with Crippen molar-refractivity contribution in [2.75, 3.05) is 12.0 Å². The first kappa shape index (κ1) is 21.8. The van der Waals surface area contributed by atoms with Gasteiger partial charge in [-0.05, 0) is 53.9 Å². The molecule has 2 atom stereocenters. The van der Waals surface area contributed by atoms with Crippen molar-refractivity contribution < 1.29 is 27.8 Å². The Morgan fingerprint density at radius 3 is 2.47 bits per heavy atom. The summed E-state index contributed by atoms with van der Waals surface area (Å²) in [6, 6.07) is 15.5. The summed E-state index contributed by atoms with van der Waals surface area (Å²) < 4.78 is 46.8. The molecule has 4 rings (SSSR count). The van der Waals surface area contributed by atoms with Gasteiger partial charge in [0, 0.05) is 17.8 Å². The molecule has 1 aromatic heterocycles. The number of ether oxygens (including phenoxy) is 1. The van der Waals surface area contributed by atoms with Gasteiger partial charge in [-0.25, -0.2) is 0 Å². The zero-order valence-electron chi connectivity index (χ0n) is 17.2. The zero-order chi connectivity index (χ0) is 22.9. The topological polar surface area (TPSA) is 62.7 Å². The van der Waals surface area contributed by atoms with Crippen LogP contribution in [0.2, 0.25) is 0 Å². The normalized spacial score (nSPS) is 18.8. The van der Waals surface area contributed by atoms with Crippen molar-refractivity contribution in [2.24, 2.45) is 0 Å². The molecule has 0 fully saturated rings. The molecule has 2 heterocycles. The summed E-state index contributed by atoms with van der Waals surface area (Å²) in [5, 5.41) is 11.0. The molecule has 1 N–H and O–H groups in total. The lowest BCUT2D eigenvalue weighted by Crippen LogP contribution is -2.40. The molecule has 0 saturated carbocycles. The van der Waals surface area contributed by atoms with Gasteiger partial charge in [-0.3, -0.25) is 9.78 Å². The summed E-state index contributed by atoms with van der Waals surface area (Å²) in [6.45, 7) is -0.0552. The van der Waals surface area contributed by atoms with Gasteiger partial charge < -0.3 is 14.7 Å². The Kier molecular flexibility index (Phi) is 5.88. The number of aromatic nitrogens is 1. The van der Waals surface area contributed by atoms with Crippen LogP contribution < -0.4 is 9.64 Å². The van der Waals surface area contributed by atoms with Crippen LogP contribution in [-0.2, 0) is 23.9 Å². The van der Waals surface area contributed by atoms with E-state index in [0.29, 0.717) is 17.0 Å². The number of methoxy groups -OCH3 is 1. The maximum Gasteiger partial charge on any atom is 0.416 e. The third kappa shape index (κ3) is 4.18. The molecule has 5 nitrogen and oxygen atoms in total. The van der Waals surface area contributed by atoms with Crippen LogP contribution in [0.3, 0.4) is 0 Å². The lowest BCUT2D eigenvalue weighted by atomic mass is 9.86. The Labute approximate surface area is 183 Å². The highest BCUT2D eigenvalue weighted by atomic mass is 19.4. The first-order chi connectivity index (χ1) is 15.3. The number of hydrogen-bond acceptors (Lipinski definition) is 4. The minimum absolute atomic E-state index is 0.0263. The fourth-order valence-corrected chi connectivity index (χ4v) is 4.06. The predicted molar refractivity (Wildman–Crippen MR) is 112 cm³/mol. The molecule has 32 heavy (non-hydrogen) atoms. The van der Waals surface area contributed by atoms with Crippen LogP contribution in [0.1, 0.15) is 28.3 Å². The Bertz CT molecular complexity index is 1100. The van der Waals surface area contributed by atoms with Gasteiger partial charge >= 0.3 is 6.18 Å². The standard InChI is InChI=1S/C24H21F3N2O3/c1-32-17-10-8-15(9-11-17)18-13-19-20(24(25,26)27)6-4-7-21(19)29(23(31)22(18)30)14-16-5-2-3-12-28-16/h2-12,18,22,30H,13-14H2,1H3/t18-,22+/m0/s1. The number of hydrogen-bond donors (Lipinski definition) is 1. The van der Waals surface area contributed by atoms with Gasteiger partial charge in [-0.2, -0.15) is 13.2 Å². The molecule has 3 aromatic rings. The van der Waals surface area contributed by atoms with Gasteiger partial charge in [0.25, 0.3) is 5.91 Å². The molecule has 8 heteroatoms. The SMILES string of the molecule is COc1ccc([C@@H]2Cc3c(cccc3C(F)(F)F)N(Cc3ccccn3)C(=O)[C@@H]2O)cc1. The van der Waals surface area contributed by atoms with Gasteiger partial charge in [0.15, 0.2) is 0 Å². The van der Waals surface area contributed by atoms with Crippen LogP contribution in [0.25, 0.3) is 0 Å². The molecule has 1 aliphatic heterocycles. The maximum absolute atomic E-state index is 13.9. The Morgan fingerprint density at radius 1 is 1.09 bits per heavy atom. The van der Waals surface area contributed by atoms with Crippen molar-refractivity contribution in [1.82, 2.24) is 4.98 Å². The van der Waals surface area contributed by atoms with Crippen LogP contribution >= 0.6 is 0 Å². The van der Waals surface area contributed by atoms with E-state index in [4.69, 9.17) is 4.74 Å². The van der Waals surface area contributed by atoms with E-state index in [1.807, 2.05) is 0 Å². The van der Waals surface area contributed by atoms with Crippen LogP contribution in [0.15, 0.2) is 66.9 Å². The highest BCUT2D eigenvalue weighted by Crippen LogP contribution is 2.42. The number of carbonyl (C=O) groups excluding carboxylic acids is 1. The van der Waals surface area contributed by atoms with Crippen molar-refractivity contribution >= 4 is 11.6 Å². The first-order valence-electron chi connectivity index (χ1n) is 10.0. The molecule has 2 aromatic carbocycles. The molecule has 0 bridgehead atoms. The summed E-state index contributed by atoms with van der Waals surface area (Å²) in [7, 11) is 1.50. The summed E-state index contributed by atoms with van der Waals surface area (Å²) in [6.07, 6.45) is -4.74. The van der Waals surface area contributed by atoms with Gasteiger partial charge in [0.05, 0.1) is 24.9 Å². The Balaban J connectivity index is 1.85. The van der Waals surface area contributed by atoms with Crippen molar-refractivity contribution in [3.63, 3.8) is 0 Å². The Morgan fingerprint density at radius 2 is 1.84 bits per heavy atom. The lowest BCUT2D eigenvalue weighted by Gasteiger charge is -2.26. The molecular weight excluding hydrogens is 421 g/mol. The monoisotopic (exact) mass is 442 g/mol. The minimum atomic E-state index is -4.61. The molecule has 0 spiro atoms. The largest absolute Gasteiger partial charge is 0.497 e. The lowest BCUT2D eigenvalue weighted by molar-refractivity contribution is -0.138. The third-order valence-electron chi connectivity index (χ3n) is 5.66. The fourth-order valence-electron chi connectivity index (χ4n) is 4.06. The number of anilines is 1. The second-order valence-corrected chi connectivity index (χ2v) is 7.58. The Hall–Kier alpha value is -3.39. The van der Waals surface area contributed by atoms with E-state index in [9.17, 15) is 23.1 Å². The molecule has 0 unspecified atom stereocenters. The zero-order valence-corrected chi connectivity index (χ0v) is 17.2. The minimum Gasteiger partial charge on any atom is -0.497 e. The van der Waals surface area contributed by atoms with E-state index in [2.05, 4.69) is 4.98 Å².